The Morgan fingerprint density at radius 3 is 2.21 bits per heavy atom. The summed E-state index contributed by atoms with van der Waals surface area (Å²) in [5, 5.41) is 0. The molecule has 0 spiro atoms. The zero-order chi connectivity index (χ0) is 20.5. The van der Waals surface area contributed by atoms with E-state index in [0.29, 0.717) is 11.8 Å². The molecule has 0 aromatic heterocycles. The van der Waals surface area contributed by atoms with Crippen molar-refractivity contribution < 1.29 is 0 Å². The summed E-state index contributed by atoms with van der Waals surface area (Å²) in [7, 11) is 0. The summed E-state index contributed by atoms with van der Waals surface area (Å²) >= 11 is 0. The molecule has 0 heterocycles. The van der Waals surface area contributed by atoms with Crippen LogP contribution in [0, 0.1) is 23.7 Å². The quantitative estimate of drug-likeness (QED) is 0.262. The first-order chi connectivity index (χ1) is 13.5. The van der Waals surface area contributed by atoms with Gasteiger partial charge in [0.2, 0.25) is 0 Å². The molecule has 1 saturated carbocycles. The van der Waals surface area contributed by atoms with Crippen molar-refractivity contribution in [1.29, 1.82) is 0 Å². The van der Waals surface area contributed by atoms with E-state index in [4.69, 9.17) is 0 Å². The Bertz CT molecular complexity index is 614. The summed E-state index contributed by atoms with van der Waals surface area (Å²) in [5.41, 5.74) is 6.14. The van der Waals surface area contributed by atoms with Crippen LogP contribution >= 0.6 is 0 Å². The summed E-state index contributed by atoms with van der Waals surface area (Å²) in [5.74, 6) is 3.10. The van der Waals surface area contributed by atoms with E-state index in [9.17, 15) is 0 Å². The molecule has 0 bridgehead atoms. The molecule has 156 valence electrons. The lowest BCUT2D eigenvalue weighted by Gasteiger charge is -2.35. The molecule has 0 aliphatic heterocycles. The number of rotatable bonds is 10. The van der Waals surface area contributed by atoms with E-state index in [-0.39, 0.29) is 0 Å². The Balaban J connectivity index is 1.84. The van der Waals surface area contributed by atoms with E-state index in [0.717, 1.165) is 24.7 Å². The Morgan fingerprint density at radius 1 is 1.11 bits per heavy atom. The molecule has 0 aromatic rings. The van der Waals surface area contributed by atoms with Gasteiger partial charge in [0.1, 0.15) is 0 Å². The third-order valence-corrected chi connectivity index (χ3v) is 6.78. The highest BCUT2D eigenvalue weighted by Crippen LogP contribution is 2.43. The average molecular weight is 381 g/mol. The summed E-state index contributed by atoms with van der Waals surface area (Å²) in [6.07, 6.45) is 23.7. The van der Waals surface area contributed by atoms with Gasteiger partial charge < -0.3 is 0 Å². The topological polar surface area (TPSA) is 0 Å². The smallest absolute Gasteiger partial charge is 0.00822 e. The van der Waals surface area contributed by atoms with Crippen molar-refractivity contribution >= 4 is 0 Å². The van der Waals surface area contributed by atoms with Gasteiger partial charge in [0, 0.05) is 5.92 Å². The number of allylic oxidation sites excluding steroid dienone is 9. The summed E-state index contributed by atoms with van der Waals surface area (Å²) < 4.78 is 0. The molecule has 1 fully saturated rings. The summed E-state index contributed by atoms with van der Waals surface area (Å²) in [4.78, 5) is 0. The van der Waals surface area contributed by atoms with Crippen molar-refractivity contribution in [3.63, 3.8) is 0 Å². The minimum Gasteiger partial charge on any atom is -0.0956 e. The van der Waals surface area contributed by atoms with Crippen LogP contribution in [0.15, 0.2) is 59.3 Å². The Kier molecular flexibility index (Phi) is 9.56. The van der Waals surface area contributed by atoms with Crippen LogP contribution in [0.4, 0.5) is 0 Å². The van der Waals surface area contributed by atoms with E-state index < -0.39 is 0 Å². The summed E-state index contributed by atoms with van der Waals surface area (Å²) in [6.45, 7) is 15.5. The van der Waals surface area contributed by atoms with Crippen molar-refractivity contribution in [1.82, 2.24) is 0 Å². The van der Waals surface area contributed by atoms with Crippen LogP contribution in [-0.2, 0) is 0 Å². The zero-order valence-electron chi connectivity index (χ0n) is 19.3. The maximum atomic E-state index is 4.28. The van der Waals surface area contributed by atoms with Gasteiger partial charge >= 0.3 is 0 Å². The normalized spacial score (nSPS) is 26.5. The minimum atomic E-state index is 0.643. The van der Waals surface area contributed by atoms with E-state index in [1.165, 1.54) is 56.1 Å². The molecule has 0 saturated heterocycles. The molecular formula is C28H44. The van der Waals surface area contributed by atoms with Crippen molar-refractivity contribution in [2.75, 3.05) is 0 Å². The largest absolute Gasteiger partial charge is 0.0956 e. The molecule has 0 radical (unpaired) electrons. The highest BCUT2D eigenvalue weighted by atomic mass is 14.3. The fourth-order valence-electron chi connectivity index (χ4n) is 4.86. The summed E-state index contributed by atoms with van der Waals surface area (Å²) in [6, 6.07) is 0. The fourth-order valence-corrected chi connectivity index (χ4v) is 4.86. The Labute approximate surface area is 175 Å². The maximum absolute atomic E-state index is 4.28. The predicted molar refractivity (Wildman–Crippen MR) is 126 cm³/mol. The molecule has 28 heavy (non-hydrogen) atoms. The second-order valence-electron chi connectivity index (χ2n) is 9.35. The van der Waals surface area contributed by atoms with Crippen LogP contribution in [0.5, 0.6) is 0 Å². The van der Waals surface area contributed by atoms with Crippen LogP contribution in [0.2, 0.25) is 0 Å². The van der Waals surface area contributed by atoms with Gasteiger partial charge in [-0.05, 0) is 88.0 Å². The van der Waals surface area contributed by atoms with Gasteiger partial charge in [0.05, 0.1) is 0 Å². The van der Waals surface area contributed by atoms with E-state index >= 15 is 0 Å². The number of hydrogen-bond acceptors (Lipinski definition) is 0. The van der Waals surface area contributed by atoms with Crippen LogP contribution in [0.25, 0.3) is 0 Å². The highest BCUT2D eigenvalue weighted by Gasteiger charge is 2.29. The van der Waals surface area contributed by atoms with Crippen molar-refractivity contribution in [3.05, 3.63) is 59.3 Å². The standard InChI is InChI=1S/C28H44/c1-7-10-23(12-11-21(4)5)19-24-13-15-25(16-14-24)20-26(9-3)28-18-17-27(28)22(6)8-2/h9-12,17,21,24-25,28H,6-8,13-16,18-20H2,1-5H3. The van der Waals surface area contributed by atoms with Crippen LogP contribution in [-0.4, -0.2) is 0 Å². The van der Waals surface area contributed by atoms with E-state index in [1.807, 2.05) is 0 Å². The van der Waals surface area contributed by atoms with Crippen LogP contribution in [0.1, 0.15) is 92.4 Å². The maximum Gasteiger partial charge on any atom is 0.00822 e. The SMILES string of the molecule is C=C(CC)C1=CCC1C(=CC)CC1CCC(CC(C=CC(C)C)=CCC)CC1. The first-order valence-electron chi connectivity index (χ1n) is 11.9. The number of hydrogen-bond donors (Lipinski definition) is 0. The molecule has 0 heteroatoms. The predicted octanol–water partition coefficient (Wildman–Crippen LogP) is 8.98. The van der Waals surface area contributed by atoms with Crippen molar-refractivity contribution in [3.8, 4) is 0 Å². The first kappa shape index (κ1) is 23.0. The lowest BCUT2D eigenvalue weighted by Crippen LogP contribution is -2.21. The van der Waals surface area contributed by atoms with Gasteiger partial charge in [-0.25, -0.2) is 0 Å². The molecule has 2 aliphatic carbocycles. The van der Waals surface area contributed by atoms with Crippen molar-refractivity contribution in [2.45, 2.75) is 92.4 Å². The molecule has 0 amide bonds. The lowest BCUT2D eigenvalue weighted by atomic mass is 9.70. The van der Waals surface area contributed by atoms with Crippen LogP contribution < -0.4 is 0 Å². The second-order valence-corrected chi connectivity index (χ2v) is 9.35. The zero-order valence-corrected chi connectivity index (χ0v) is 19.3. The first-order valence-corrected chi connectivity index (χ1v) is 11.9. The molecule has 0 N–H and O–H groups in total. The minimum absolute atomic E-state index is 0.643. The molecule has 0 nitrogen and oxygen atoms in total. The highest BCUT2D eigenvalue weighted by molar-refractivity contribution is 5.42. The Morgan fingerprint density at radius 2 is 1.75 bits per heavy atom. The third kappa shape index (κ3) is 6.64. The van der Waals surface area contributed by atoms with E-state index in [2.05, 4.69) is 71.6 Å². The van der Waals surface area contributed by atoms with Crippen LogP contribution in [0.3, 0.4) is 0 Å². The van der Waals surface area contributed by atoms with E-state index in [1.54, 1.807) is 11.1 Å². The molecular weight excluding hydrogens is 336 g/mol. The van der Waals surface area contributed by atoms with Gasteiger partial charge in [0.25, 0.3) is 0 Å². The molecule has 1 atom stereocenters. The molecule has 2 aliphatic rings. The van der Waals surface area contributed by atoms with Gasteiger partial charge in [-0.2, -0.15) is 0 Å². The second kappa shape index (κ2) is 11.6. The third-order valence-electron chi connectivity index (χ3n) is 6.78. The average Bonchev–Trinajstić information content (AvgIpc) is 2.66. The molecule has 1 unspecified atom stereocenters. The molecule has 0 aromatic carbocycles. The van der Waals surface area contributed by atoms with Gasteiger partial charge in [-0.3, -0.25) is 0 Å². The fraction of sp³-hybridized carbons (Fsp3) is 0.643. The van der Waals surface area contributed by atoms with Gasteiger partial charge in [-0.1, -0.05) is 81.4 Å². The lowest BCUT2D eigenvalue weighted by molar-refractivity contribution is 0.268. The molecule has 2 rings (SSSR count). The Hall–Kier alpha value is -1.30. The van der Waals surface area contributed by atoms with Gasteiger partial charge in [-0.15, -0.1) is 0 Å². The van der Waals surface area contributed by atoms with Gasteiger partial charge in [0.15, 0.2) is 0 Å². The van der Waals surface area contributed by atoms with Crippen molar-refractivity contribution in [2.24, 2.45) is 23.7 Å². The monoisotopic (exact) mass is 380 g/mol.